The number of aromatic amines is 1. The largest absolute Gasteiger partial charge is 0.506 e. The molecule has 3 aromatic carbocycles. The average Bonchev–Trinajstić information content (AvgIpc) is 3.15. The molecular formula is C42H54N4O6. The third-order valence-electron chi connectivity index (χ3n) is 11.2. The van der Waals surface area contributed by atoms with Gasteiger partial charge in [0.1, 0.15) is 11.5 Å². The van der Waals surface area contributed by atoms with Gasteiger partial charge in [0.15, 0.2) is 0 Å². The molecule has 7 rings (SSSR count). The van der Waals surface area contributed by atoms with Crippen LogP contribution >= 0.6 is 0 Å². The Morgan fingerprint density at radius 2 is 1.71 bits per heavy atom. The van der Waals surface area contributed by atoms with Gasteiger partial charge in [-0.3, -0.25) is 4.79 Å². The number of aromatic hydroxyl groups is 1. The van der Waals surface area contributed by atoms with Crippen LogP contribution in [0.15, 0.2) is 77.6 Å². The minimum Gasteiger partial charge on any atom is -0.506 e. The number of fused-ring (bicyclic) bond motifs is 4. The molecule has 10 nitrogen and oxygen atoms in total. The van der Waals surface area contributed by atoms with Crippen molar-refractivity contribution >= 4 is 17.0 Å². The van der Waals surface area contributed by atoms with Crippen LogP contribution in [-0.4, -0.2) is 70.6 Å². The van der Waals surface area contributed by atoms with E-state index in [-0.39, 0.29) is 17.2 Å². The summed E-state index contributed by atoms with van der Waals surface area (Å²) in [7, 11) is 0. The summed E-state index contributed by atoms with van der Waals surface area (Å²) in [5.41, 5.74) is 2.88. The molecule has 6 N–H and O–H groups in total. The summed E-state index contributed by atoms with van der Waals surface area (Å²) in [6.45, 7) is 6.92. The first-order valence-electron chi connectivity index (χ1n) is 19.0. The summed E-state index contributed by atoms with van der Waals surface area (Å²) in [5, 5.41) is 38.1. The molecule has 3 unspecified atom stereocenters. The molecule has 4 heterocycles. The highest BCUT2D eigenvalue weighted by Crippen LogP contribution is 2.48. The lowest BCUT2D eigenvalue weighted by molar-refractivity contribution is 0.00700. The summed E-state index contributed by atoms with van der Waals surface area (Å²) in [4.78, 5) is 29.3. The molecule has 10 heteroatoms. The Balaban J connectivity index is 0.939. The van der Waals surface area contributed by atoms with Crippen molar-refractivity contribution in [3.05, 3.63) is 105 Å². The molecule has 278 valence electrons. The summed E-state index contributed by atoms with van der Waals surface area (Å²) in [6, 6.07) is 22.5. The first-order valence-corrected chi connectivity index (χ1v) is 19.0. The van der Waals surface area contributed by atoms with Crippen LogP contribution < -0.4 is 20.9 Å². The first kappa shape index (κ1) is 37.4. The van der Waals surface area contributed by atoms with E-state index in [9.17, 15) is 24.9 Å². The van der Waals surface area contributed by atoms with Crippen LogP contribution in [0.25, 0.3) is 10.9 Å². The van der Waals surface area contributed by atoms with E-state index in [2.05, 4.69) is 51.7 Å². The van der Waals surface area contributed by atoms with Gasteiger partial charge in [-0.2, -0.15) is 0 Å². The number of ether oxygens (including phenoxy) is 1. The number of unbranched alkanes of at least 4 members (excludes halogenated alkanes) is 6. The number of carboxylic acid groups (broad SMARTS) is 1. The van der Waals surface area contributed by atoms with Crippen molar-refractivity contribution in [2.45, 2.75) is 76.4 Å². The number of nitrogens with zero attached hydrogens (tertiary/aromatic N) is 1. The van der Waals surface area contributed by atoms with Gasteiger partial charge in [-0.25, -0.2) is 4.79 Å². The molecule has 0 spiro atoms. The molecule has 0 radical (unpaired) electrons. The Bertz CT molecular complexity index is 1850. The number of piperidine rings is 3. The highest BCUT2D eigenvalue weighted by Gasteiger charge is 2.51. The Kier molecular flexibility index (Phi) is 12.5. The molecule has 0 aliphatic carbocycles. The number of aliphatic hydroxyl groups excluding tert-OH is 1. The number of aromatic nitrogens is 1. The molecule has 3 fully saturated rings. The number of aryl methyl sites for hydroxylation is 1. The third kappa shape index (κ3) is 8.62. The second-order valence-electron chi connectivity index (χ2n) is 14.7. The number of hydrogen-bond acceptors (Lipinski definition) is 7. The predicted octanol–water partition coefficient (Wildman–Crippen LogP) is 6.83. The highest BCUT2D eigenvalue weighted by atomic mass is 16.5. The van der Waals surface area contributed by atoms with Gasteiger partial charge < -0.3 is 40.6 Å². The number of hydrogen-bond donors (Lipinski definition) is 6. The van der Waals surface area contributed by atoms with E-state index >= 15 is 0 Å². The first-order chi connectivity index (χ1) is 25.3. The van der Waals surface area contributed by atoms with Crippen molar-refractivity contribution in [3.63, 3.8) is 0 Å². The summed E-state index contributed by atoms with van der Waals surface area (Å²) < 4.78 is 6.28. The molecule has 2 bridgehead atoms. The number of rotatable bonds is 18. The maximum Gasteiger partial charge on any atom is 0.405 e. The van der Waals surface area contributed by atoms with Crippen LogP contribution in [0.3, 0.4) is 0 Å². The maximum absolute atomic E-state index is 12.5. The van der Waals surface area contributed by atoms with Crippen molar-refractivity contribution < 1.29 is 24.9 Å². The van der Waals surface area contributed by atoms with Crippen molar-refractivity contribution in [1.82, 2.24) is 20.5 Å². The lowest BCUT2D eigenvalue weighted by Crippen LogP contribution is -2.61. The van der Waals surface area contributed by atoms with Gasteiger partial charge in [0, 0.05) is 30.5 Å². The zero-order valence-corrected chi connectivity index (χ0v) is 30.3. The second-order valence-corrected chi connectivity index (χ2v) is 14.7. The number of aliphatic hydroxyl groups is 1. The fourth-order valence-corrected chi connectivity index (χ4v) is 8.60. The zero-order valence-electron chi connectivity index (χ0n) is 30.3. The van der Waals surface area contributed by atoms with E-state index in [0.717, 1.165) is 106 Å². The number of carbonyl (C=O) groups is 1. The maximum atomic E-state index is 12.5. The number of amides is 1. The molecule has 52 heavy (non-hydrogen) atoms. The van der Waals surface area contributed by atoms with E-state index in [0.29, 0.717) is 35.5 Å². The monoisotopic (exact) mass is 710 g/mol. The number of pyridine rings is 1. The topological polar surface area (TPSA) is 147 Å². The van der Waals surface area contributed by atoms with Gasteiger partial charge in [0.25, 0.3) is 0 Å². The quantitative estimate of drug-likeness (QED) is 0.0617. The number of phenols is 1. The molecule has 3 aliphatic heterocycles. The summed E-state index contributed by atoms with van der Waals surface area (Å²) >= 11 is 0. The highest BCUT2D eigenvalue weighted by molar-refractivity contribution is 5.87. The lowest BCUT2D eigenvalue weighted by Gasteiger charge is -2.53. The molecular weight excluding hydrogens is 656 g/mol. The number of benzene rings is 3. The van der Waals surface area contributed by atoms with Crippen LogP contribution in [0.4, 0.5) is 4.79 Å². The number of H-pyrrole nitrogens is 1. The SMILES string of the molecule is Cc1ccccc1C(NC(=O)O)(c1cccc(OCCCCCCCCCNCC(O)c2ccc(O)c3[nH]c(=O)ccc23)c1)C1CN2CCC1CC2. The zero-order chi connectivity index (χ0) is 36.5. The number of phenolic OH excluding ortho intramolecular Hbond substituents is 1. The standard InChI is InChI=1S/C42H54N4O6/c1-29-12-7-8-15-35(29)42(45-41(50)51,36-28-46-23-20-30(36)21-24-46)31-13-11-14-32(26-31)52-25-10-6-4-2-3-5-9-22-43-27-38(48)33-16-18-37(47)40-34(33)17-19-39(49)44-40/h7-8,11-19,26,30,36,38,43,45,47-48H,2-6,9-10,20-25,27-28H2,1H3,(H,44,49)(H,50,51). The van der Waals surface area contributed by atoms with Crippen LogP contribution in [0.5, 0.6) is 11.5 Å². The molecule has 1 aromatic heterocycles. The van der Waals surface area contributed by atoms with Gasteiger partial charge in [0.2, 0.25) is 5.56 Å². The van der Waals surface area contributed by atoms with Gasteiger partial charge in [0.05, 0.1) is 23.8 Å². The molecule has 1 amide bonds. The Morgan fingerprint density at radius 3 is 2.44 bits per heavy atom. The van der Waals surface area contributed by atoms with Gasteiger partial charge in [-0.15, -0.1) is 0 Å². The Morgan fingerprint density at radius 1 is 0.962 bits per heavy atom. The van der Waals surface area contributed by atoms with E-state index in [1.54, 1.807) is 12.1 Å². The smallest absolute Gasteiger partial charge is 0.405 e. The third-order valence-corrected chi connectivity index (χ3v) is 11.2. The fourth-order valence-electron chi connectivity index (χ4n) is 8.60. The fraction of sp³-hybridized carbons (Fsp3) is 0.476. The predicted molar refractivity (Wildman–Crippen MR) is 204 cm³/mol. The van der Waals surface area contributed by atoms with Gasteiger partial charge in [-0.05, 0) is 105 Å². The van der Waals surface area contributed by atoms with Gasteiger partial charge >= 0.3 is 6.09 Å². The minimum atomic E-state index is -1.01. The van der Waals surface area contributed by atoms with E-state index < -0.39 is 17.7 Å². The minimum absolute atomic E-state index is 0.0125. The number of nitrogens with one attached hydrogen (secondary N) is 3. The molecule has 0 saturated carbocycles. The second kappa shape index (κ2) is 17.4. The molecule has 3 aliphatic rings. The molecule has 3 saturated heterocycles. The lowest BCUT2D eigenvalue weighted by atomic mass is 9.62. The van der Waals surface area contributed by atoms with E-state index in [1.165, 1.54) is 12.1 Å². The van der Waals surface area contributed by atoms with Crippen LogP contribution in [-0.2, 0) is 5.54 Å². The molecule has 4 aromatic rings. The summed E-state index contributed by atoms with van der Waals surface area (Å²) in [6.07, 6.45) is 8.05. The normalized spacial score (nSPS) is 20.0. The van der Waals surface area contributed by atoms with Crippen molar-refractivity contribution in [2.75, 3.05) is 39.3 Å². The summed E-state index contributed by atoms with van der Waals surface area (Å²) in [5.74, 6) is 1.32. The van der Waals surface area contributed by atoms with Crippen LogP contribution in [0, 0.1) is 18.8 Å². The van der Waals surface area contributed by atoms with Crippen molar-refractivity contribution in [3.8, 4) is 11.5 Å². The van der Waals surface area contributed by atoms with Crippen molar-refractivity contribution in [2.24, 2.45) is 11.8 Å². The average molecular weight is 711 g/mol. The van der Waals surface area contributed by atoms with Crippen molar-refractivity contribution in [1.29, 1.82) is 0 Å². The van der Waals surface area contributed by atoms with E-state index in [1.807, 2.05) is 24.3 Å². The van der Waals surface area contributed by atoms with Crippen LogP contribution in [0.1, 0.15) is 86.1 Å². The Labute approximate surface area is 306 Å². The molecule has 3 atom stereocenters. The Hall–Kier alpha value is -4.38. The van der Waals surface area contributed by atoms with Gasteiger partial charge in [-0.1, -0.05) is 74.6 Å². The van der Waals surface area contributed by atoms with Crippen LogP contribution in [0.2, 0.25) is 0 Å². The van der Waals surface area contributed by atoms with E-state index in [4.69, 9.17) is 4.74 Å².